The normalized spacial score (nSPS) is 18.9. The van der Waals surface area contributed by atoms with E-state index in [0.717, 1.165) is 11.3 Å². The lowest BCUT2D eigenvalue weighted by Crippen LogP contribution is -2.51. The van der Waals surface area contributed by atoms with Crippen LogP contribution in [0.15, 0.2) is 59.1 Å². The van der Waals surface area contributed by atoms with E-state index in [2.05, 4.69) is 10.1 Å². The Labute approximate surface area is 179 Å². The van der Waals surface area contributed by atoms with Gasteiger partial charge in [-0.25, -0.2) is 0 Å². The zero-order valence-electron chi connectivity index (χ0n) is 17.1. The number of nitrogens with zero attached hydrogens (tertiary/aromatic N) is 4. The number of ether oxygens (including phenoxy) is 1. The van der Waals surface area contributed by atoms with Crippen LogP contribution in [0, 0.1) is 5.92 Å². The van der Waals surface area contributed by atoms with E-state index in [0.29, 0.717) is 37.1 Å². The zero-order chi connectivity index (χ0) is 21.4. The van der Waals surface area contributed by atoms with Crippen molar-refractivity contribution in [1.29, 1.82) is 0 Å². The molecule has 2 saturated heterocycles. The summed E-state index contributed by atoms with van der Waals surface area (Å²) >= 11 is 0. The van der Waals surface area contributed by atoms with Crippen LogP contribution in [0.25, 0.3) is 11.4 Å². The summed E-state index contributed by atoms with van der Waals surface area (Å²) in [7, 11) is 1.59. The van der Waals surface area contributed by atoms with Crippen molar-refractivity contribution in [2.24, 2.45) is 5.92 Å². The first-order valence-electron chi connectivity index (χ1n) is 10.2. The lowest BCUT2D eigenvalue weighted by molar-refractivity contribution is -0.140. The Hall–Kier alpha value is -3.68. The van der Waals surface area contributed by atoms with Gasteiger partial charge in [-0.2, -0.15) is 4.98 Å². The number of carbonyl (C=O) groups excluding carboxylic acids is 2. The second-order valence-electron chi connectivity index (χ2n) is 7.87. The fourth-order valence-electron chi connectivity index (χ4n) is 4.08. The van der Waals surface area contributed by atoms with Crippen LogP contribution < -0.4 is 9.64 Å². The monoisotopic (exact) mass is 418 g/mol. The molecule has 3 aromatic rings. The van der Waals surface area contributed by atoms with Gasteiger partial charge in [-0.3, -0.25) is 9.59 Å². The minimum Gasteiger partial charge on any atom is -0.497 e. The summed E-state index contributed by atoms with van der Waals surface area (Å²) in [6, 6.07) is 17.0. The number of hydrogen-bond donors (Lipinski definition) is 0. The molecule has 3 heterocycles. The van der Waals surface area contributed by atoms with Crippen LogP contribution in [0.1, 0.15) is 18.2 Å². The Morgan fingerprint density at radius 1 is 1.10 bits per heavy atom. The lowest BCUT2D eigenvalue weighted by atomic mass is 9.96. The van der Waals surface area contributed by atoms with E-state index in [1.807, 2.05) is 54.6 Å². The van der Waals surface area contributed by atoms with E-state index in [4.69, 9.17) is 9.26 Å². The predicted octanol–water partition coefficient (Wildman–Crippen LogP) is 2.72. The van der Waals surface area contributed by atoms with Gasteiger partial charge in [0, 0.05) is 43.4 Å². The Bertz CT molecular complexity index is 1110. The highest BCUT2D eigenvalue weighted by Gasteiger charge is 2.42. The molecule has 5 rings (SSSR count). The average Bonchev–Trinajstić information content (AvgIpc) is 3.40. The molecule has 1 aromatic heterocycles. The standard InChI is InChI=1S/C23H22N4O4/c1-30-19-9-5-8-18(11-19)27-14-16(10-20(27)28)23(29)26-12-17(13-26)22-24-21(25-31-22)15-6-3-2-4-7-15/h2-9,11,16-17H,10,12-14H2,1H3. The van der Waals surface area contributed by atoms with Gasteiger partial charge in [-0.15, -0.1) is 0 Å². The minimum absolute atomic E-state index is 0.00204. The summed E-state index contributed by atoms with van der Waals surface area (Å²) in [4.78, 5) is 33.4. The van der Waals surface area contributed by atoms with Crippen LogP contribution in [0.3, 0.4) is 0 Å². The van der Waals surface area contributed by atoms with Crippen molar-refractivity contribution >= 4 is 17.5 Å². The number of amides is 2. The summed E-state index contributed by atoms with van der Waals surface area (Å²) in [5.74, 6) is 1.41. The van der Waals surface area contributed by atoms with Crippen molar-refractivity contribution in [3.63, 3.8) is 0 Å². The molecular weight excluding hydrogens is 396 g/mol. The summed E-state index contributed by atoms with van der Waals surface area (Å²) in [5.41, 5.74) is 1.65. The van der Waals surface area contributed by atoms with Gasteiger partial charge >= 0.3 is 0 Å². The average molecular weight is 418 g/mol. The molecule has 0 aliphatic carbocycles. The van der Waals surface area contributed by atoms with Crippen molar-refractivity contribution in [2.45, 2.75) is 12.3 Å². The molecule has 0 spiro atoms. The molecule has 0 N–H and O–H groups in total. The largest absolute Gasteiger partial charge is 0.497 e. The number of likely N-dealkylation sites (tertiary alicyclic amines) is 1. The van der Waals surface area contributed by atoms with Gasteiger partial charge in [0.2, 0.25) is 23.5 Å². The highest BCUT2D eigenvalue weighted by molar-refractivity contribution is 6.00. The highest BCUT2D eigenvalue weighted by atomic mass is 16.5. The maximum atomic E-state index is 12.9. The molecule has 8 heteroatoms. The summed E-state index contributed by atoms with van der Waals surface area (Å²) in [6.45, 7) is 1.43. The van der Waals surface area contributed by atoms with Crippen molar-refractivity contribution in [1.82, 2.24) is 15.0 Å². The third-order valence-electron chi connectivity index (χ3n) is 5.86. The smallest absolute Gasteiger partial charge is 0.233 e. The van der Waals surface area contributed by atoms with Crippen molar-refractivity contribution in [3.05, 3.63) is 60.5 Å². The molecule has 1 unspecified atom stereocenters. The Kier molecular flexibility index (Phi) is 4.89. The molecule has 158 valence electrons. The van der Waals surface area contributed by atoms with E-state index in [1.54, 1.807) is 16.9 Å². The van der Waals surface area contributed by atoms with Gasteiger partial charge in [-0.05, 0) is 12.1 Å². The SMILES string of the molecule is COc1cccc(N2CC(C(=O)N3CC(c4nc(-c5ccccc5)no4)C3)CC2=O)c1. The van der Waals surface area contributed by atoms with E-state index >= 15 is 0 Å². The maximum Gasteiger partial charge on any atom is 0.233 e. The van der Waals surface area contributed by atoms with E-state index < -0.39 is 0 Å². The molecular formula is C23H22N4O4. The van der Waals surface area contributed by atoms with Gasteiger partial charge in [0.25, 0.3) is 0 Å². The first-order chi connectivity index (χ1) is 15.1. The number of carbonyl (C=O) groups is 2. The summed E-state index contributed by atoms with van der Waals surface area (Å²) in [6.07, 6.45) is 0.218. The van der Waals surface area contributed by atoms with Gasteiger partial charge in [0.15, 0.2) is 0 Å². The topological polar surface area (TPSA) is 88.8 Å². The summed E-state index contributed by atoms with van der Waals surface area (Å²) < 4.78 is 10.7. The molecule has 0 radical (unpaired) electrons. The predicted molar refractivity (Wildman–Crippen MR) is 113 cm³/mol. The molecule has 2 aliphatic rings. The molecule has 0 saturated carbocycles. The number of methoxy groups -OCH3 is 1. The Balaban J connectivity index is 1.20. The number of aromatic nitrogens is 2. The maximum absolute atomic E-state index is 12.9. The van der Waals surface area contributed by atoms with E-state index in [9.17, 15) is 9.59 Å². The van der Waals surface area contributed by atoms with Gasteiger partial charge in [0.05, 0.1) is 18.9 Å². The Morgan fingerprint density at radius 3 is 2.68 bits per heavy atom. The summed E-state index contributed by atoms with van der Waals surface area (Å²) in [5, 5.41) is 4.05. The van der Waals surface area contributed by atoms with Gasteiger partial charge < -0.3 is 19.1 Å². The minimum atomic E-state index is -0.345. The van der Waals surface area contributed by atoms with Crippen LogP contribution >= 0.6 is 0 Å². The quantitative estimate of drug-likeness (QED) is 0.633. The molecule has 2 aliphatic heterocycles. The number of rotatable bonds is 5. The van der Waals surface area contributed by atoms with Crippen LogP contribution in [0.2, 0.25) is 0 Å². The number of benzene rings is 2. The van der Waals surface area contributed by atoms with Crippen LogP contribution in [-0.2, 0) is 9.59 Å². The first kappa shape index (κ1) is 19.3. The molecule has 2 aromatic carbocycles. The Morgan fingerprint density at radius 2 is 1.90 bits per heavy atom. The molecule has 1 atom stereocenters. The van der Waals surface area contributed by atoms with E-state index in [1.165, 1.54) is 0 Å². The fourth-order valence-corrected chi connectivity index (χ4v) is 4.08. The number of anilines is 1. The zero-order valence-corrected chi connectivity index (χ0v) is 17.1. The number of hydrogen-bond acceptors (Lipinski definition) is 6. The molecule has 0 bridgehead atoms. The molecule has 8 nitrogen and oxygen atoms in total. The fraction of sp³-hybridized carbons (Fsp3) is 0.304. The highest BCUT2D eigenvalue weighted by Crippen LogP contribution is 2.33. The van der Waals surface area contributed by atoms with Crippen LogP contribution in [0.5, 0.6) is 5.75 Å². The third kappa shape index (κ3) is 3.65. The van der Waals surface area contributed by atoms with Crippen molar-refractivity contribution < 1.29 is 18.8 Å². The van der Waals surface area contributed by atoms with E-state index in [-0.39, 0.29) is 30.1 Å². The molecule has 2 fully saturated rings. The van der Waals surface area contributed by atoms with Crippen LogP contribution in [0.4, 0.5) is 5.69 Å². The van der Waals surface area contributed by atoms with Crippen LogP contribution in [-0.4, -0.2) is 53.6 Å². The van der Waals surface area contributed by atoms with Gasteiger partial charge in [-0.1, -0.05) is 41.6 Å². The van der Waals surface area contributed by atoms with Crippen molar-refractivity contribution in [3.8, 4) is 17.1 Å². The molecule has 31 heavy (non-hydrogen) atoms. The van der Waals surface area contributed by atoms with Gasteiger partial charge in [0.1, 0.15) is 5.75 Å². The third-order valence-corrected chi connectivity index (χ3v) is 5.86. The second kappa shape index (κ2) is 7.86. The lowest BCUT2D eigenvalue weighted by Gasteiger charge is -2.38. The van der Waals surface area contributed by atoms with Crippen molar-refractivity contribution in [2.75, 3.05) is 31.6 Å². The first-order valence-corrected chi connectivity index (χ1v) is 10.2. The second-order valence-corrected chi connectivity index (χ2v) is 7.87. The molecule has 2 amide bonds.